The predicted octanol–water partition coefficient (Wildman–Crippen LogP) is 20.0. The minimum Gasteiger partial charge on any atom is -0.582 e. The first-order valence-electron chi connectivity index (χ1n) is 26.4. The number of nitrogens with zero attached hydrogens (tertiary/aromatic N) is 2. The van der Waals surface area contributed by atoms with Gasteiger partial charge in [-0.1, -0.05) is 165 Å². The van der Waals surface area contributed by atoms with Gasteiger partial charge in [-0.25, -0.2) is 4.39 Å². The largest absolute Gasteiger partial charge is 0.582 e. The maximum atomic E-state index is 15.6. The number of ether oxygens (including phenoxy) is 2. The number of halogens is 3. The Balaban J connectivity index is 0.00000301. The second-order valence-electron chi connectivity index (χ2n) is 24.3. The van der Waals surface area contributed by atoms with Crippen LogP contribution in [0.4, 0.5) is 4.39 Å². The van der Waals surface area contributed by atoms with E-state index in [1.54, 1.807) is 12.1 Å². The van der Waals surface area contributed by atoms with Crippen LogP contribution in [0.2, 0.25) is 10.0 Å². The molecule has 0 amide bonds. The third kappa shape index (κ3) is 12.0. The van der Waals surface area contributed by atoms with Crippen molar-refractivity contribution in [2.45, 2.75) is 99.3 Å². The summed E-state index contributed by atoms with van der Waals surface area (Å²) in [5.41, 5.74) is 8.81. The molecule has 0 spiro atoms. The van der Waals surface area contributed by atoms with Crippen LogP contribution in [0.3, 0.4) is 0 Å². The third-order valence-electron chi connectivity index (χ3n) is 14.8. The molecule has 8 aromatic carbocycles. The van der Waals surface area contributed by atoms with Crippen LogP contribution >= 0.6 is 23.2 Å². The Morgan fingerprint density at radius 2 is 0.861 bits per heavy atom. The van der Waals surface area contributed by atoms with E-state index in [1.807, 2.05) is 60.7 Å². The van der Waals surface area contributed by atoms with E-state index in [1.165, 1.54) is 12.1 Å². The number of phenols is 2. The van der Waals surface area contributed by atoms with Crippen molar-refractivity contribution in [3.63, 3.8) is 0 Å². The van der Waals surface area contributed by atoms with E-state index >= 15 is 4.39 Å². The predicted molar refractivity (Wildman–Crippen MR) is 330 cm³/mol. The molecule has 4 N–H and O–H groups in total. The molecule has 0 atom stereocenters. The van der Waals surface area contributed by atoms with E-state index in [0.717, 1.165) is 67.6 Å². The van der Waals surface area contributed by atoms with Crippen molar-refractivity contribution in [2.75, 3.05) is 13.2 Å². The summed E-state index contributed by atoms with van der Waals surface area (Å²) < 4.78 is 30.1. The summed E-state index contributed by atoms with van der Waals surface area (Å²) >= 11 is 14.0. The molecule has 2 heterocycles. The van der Waals surface area contributed by atoms with Crippen molar-refractivity contribution < 1.29 is 49.9 Å². The molecule has 0 aliphatic carbocycles. The Labute approximate surface area is 495 Å². The summed E-state index contributed by atoms with van der Waals surface area (Å²) in [7, 11) is 0. The minimum absolute atomic E-state index is 0. The maximum Gasteiger partial charge on any atom is 0.281 e. The van der Waals surface area contributed by atoms with Crippen molar-refractivity contribution in [2.24, 2.45) is 10.8 Å². The summed E-state index contributed by atoms with van der Waals surface area (Å²) in [6.45, 7) is 23.1. The molecular formula is C69H75Cl2FHfN2O4. The van der Waals surface area contributed by atoms with Crippen molar-refractivity contribution >= 4 is 66.8 Å². The fourth-order valence-corrected chi connectivity index (χ4v) is 12.8. The van der Waals surface area contributed by atoms with Crippen LogP contribution in [-0.4, -0.2) is 42.0 Å². The summed E-state index contributed by atoms with van der Waals surface area (Å²) in [5, 5.41) is 30.5. The topological polar surface area (TPSA) is 75.9 Å². The minimum atomic E-state index is -0.429. The number of hydrogen-bond donors (Lipinski definition) is 2. The van der Waals surface area contributed by atoms with Gasteiger partial charge in [-0.05, 0) is 118 Å². The van der Waals surface area contributed by atoms with Crippen LogP contribution < -0.4 is 0 Å². The molecule has 10 rings (SSSR count). The summed E-state index contributed by atoms with van der Waals surface area (Å²) in [5.74, 6) is 0.768. The molecule has 10 aromatic rings. The molecule has 0 saturated heterocycles. The number of fused-ring (bicyclic) bond motifs is 6. The Bertz CT molecular complexity index is 3750. The standard InChI is InChI=1S/C67H67Cl2FN2O4.2CH3.Hf/c1-64(2,3)39-66(7,8)41-32-50(61(73)58(34-41)71-54-24-15-11-20-45(54)46-21-12-16-25-55(46)71)49-38-44(70)28-29-60(49)75-30-19-31-76-63-52(36-43(68)37-53(63)69)51-33-42(67(9,10)40-65(4,5)6)35-59(62(51)74)72-56-26-17-13-22-47(56)48-23-14-18-27-57(48)72;;;/h11-18,20-29,32-38,73-74H,19,30-31,39-40H2,1-10H3;2*1H3;/q;2*-1;/p+2. The normalized spacial score (nSPS) is 12.2. The molecule has 0 radical (unpaired) electrons. The molecular weight excluding hydrogens is 1190 g/mol. The van der Waals surface area contributed by atoms with Gasteiger partial charge >= 0.3 is 0 Å². The zero-order valence-corrected chi connectivity index (χ0v) is 52.9. The monoisotopic (exact) mass is 1260 g/mol. The zero-order valence-electron chi connectivity index (χ0n) is 47.8. The Morgan fingerprint density at radius 1 is 0.468 bits per heavy atom. The van der Waals surface area contributed by atoms with Crippen LogP contribution in [0.5, 0.6) is 23.0 Å². The first-order valence-corrected chi connectivity index (χ1v) is 27.1. The summed E-state index contributed by atoms with van der Waals surface area (Å²) in [6, 6.07) is 49.5. The Kier molecular flexibility index (Phi) is 17.8. The van der Waals surface area contributed by atoms with E-state index in [-0.39, 0.29) is 73.9 Å². The van der Waals surface area contributed by atoms with Gasteiger partial charge < -0.3 is 43.7 Å². The second-order valence-corrected chi connectivity index (χ2v) is 25.2. The molecule has 2 aromatic heterocycles. The van der Waals surface area contributed by atoms with E-state index < -0.39 is 5.82 Å². The number of benzene rings is 8. The van der Waals surface area contributed by atoms with E-state index in [0.29, 0.717) is 74.8 Å². The molecule has 10 heteroatoms. The van der Waals surface area contributed by atoms with E-state index in [2.05, 4.69) is 145 Å². The molecule has 0 saturated carbocycles. The number of aromatic nitrogens is 2. The fraction of sp³-hybridized carbons (Fsp3) is 0.275. The quantitative estimate of drug-likeness (QED) is 0.0493. The number of phenolic OH excluding ortho intramolecular Hbond substituents is 2. The average Bonchev–Trinajstić information content (AvgIpc) is 3.86. The van der Waals surface area contributed by atoms with Gasteiger partial charge in [-0.3, -0.25) is 0 Å². The van der Waals surface area contributed by atoms with Gasteiger partial charge in [0.05, 0.1) is 44.6 Å². The van der Waals surface area contributed by atoms with Gasteiger partial charge in [0.25, 0.3) is 11.5 Å². The van der Waals surface area contributed by atoms with Gasteiger partial charge in [0.2, 0.25) is 0 Å². The second kappa shape index (κ2) is 23.2. The van der Waals surface area contributed by atoms with Crippen molar-refractivity contribution in [1.29, 1.82) is 0 Å². The first kappa shape index (κ1) is 60.6. The first-order chi connectivity index (χ1) is 36.0. The number of rotatable bonds is 14. The van der Waals surface area contributed by atoms with E-state index in [4.69, 9.17) is 32.7 Å². The molecule has 0 fully saturated rings. The van der Waals surface area contributed by atoms with E-state index in [9.17, 15) is 10.2 Å². The summed E-state index contributed by atoms with van der Waals surface area (Å²) in [6.07, 6.45) is 2.26. The number of aliphatic hydroxyl groups is 2. The molecule has 0 unspecified atom stereocenters. The molecule has 0 bridgehead atoms. The van der Waals surface area contributed by atoms with Crippen molar-refractivity contribution in [3.05, 3.63) is 194 Å². The van der Waals surface area contributed by atoms with Crippen LogP contribution in [-0.2, 0) is 36.7 Å². The number of hydrogen-bond acceptors (Lipinski definition) is 2. The van der Waals surface area contributed by atoms with Gasteiger partial charge in [0.1, 0.15) is 28.8 Å². The third-order valence-corrected chi connectivity index (χ3v) is 15.3. The van der Waals surface area contributed by atoms with Gasteiger partial charge in [0.15, 0.2) is 13.2 Å². The molecule has 6 nitrogen and oxygen atoms in total. The fourth-order valence-electron chi connectivity index (χ4n) is 12.2. The SMILES string of the molecule is CC(C)(C)CC(C)(C)c1cc(-c2cc(F)ccc2[OH+]CCC[OH+]c2c(Cl)cc(Cl)cc2-c2cc(C(C)(C)CC(C)(C)C)cc(-n3c4ccccc4c4ccccc43)c2O)c(O)c(-n2c3ccccc3c3ccccc32)c1.[CH3-].[CH3-].[Hf]. The molecule has 410 valence electrons. The van der Waals surface area contributed by atoms with Crippen LogP contribution in [0.1, 0.15) is 99.6 Å². The number of para-hydroxylation sites is 4. The molecule has 0 aliphatic rings. The maximum absolute atomic E-state index is 15.6. The van der Waals surface area contributed by atoms with Crippen LogP contribution in [0, 0.1) is 31.5 Å². The smallest absolute Gasteiger partial charge is 0.281 e. The average molecular weight is 1260 g/mol. The number of aromatic hydroxyl groups is 4. The zero-order chi connectivity index (χ0) is 54.1. The Hall–Kier alpha value is -6.06. The Morgan fingerprint density at radius 3 is 1.28 bits per heavy atom. The van der Waals surface area contributed by atoms with Gasteiger partial charge in [0, 0.05) is 69.6 Å². The molecule has 0 aliphatic heterocycles. The van der Waals surface area contributed by atoms with Crippen LogP contribution in [0.25, 0.3) is 77.2 Å². The molecule has 79 heavy (non-hydrogen) atoms. The van der Waals surface area contributed by atoms with Gasteiger partial charge in [-0.15, -0.1) is 0 Å². The van der Waals surface area contributed by atoms with Crippen LogP contribution in [0.15, 0.2) is 152 Å². The van der Waals surface area contributed by atoms with Gasteiger partial charge in [-0.2, -0.15) is 0 Å². The summed E-state index contributed by atoms with van der Waals surface area (Å²) in [4.78, 5) is 0. The van der Waals surface area contributed by atoms with Crippen molar-refractivity contribution in [1.82, 2.24) is 9.13 Å². The van der Waals surface area contributed by atoms with Crippen molar-refractivity contribution in [3.8, 4) is 56.6 Å².